The van der Waals surface area contributed by atoms with Crippen LogP contribution in [0.2, 0.25) is 0 Å². The third kappa shape index (κ3) is 10.9. The number of aliphatic hydroxyl groups excluding tert-OH is 14. The van der Waals surface area contributed by atoms with Crippen LogP contribution in [-0.4, -0.2) is 263 Å². The molecule has 0 aromatic carbocycles. The van der Waals surface area contributed by atoms with Crippen molar-refractivity contribution >= 4 is 11.8 Å². The molecule has 0 saturated carbocycles. The topological polar surface area (TPSA) is 424 Å². The standard InChI is InChI=1S/C34H58N2O25/c1-8-17(42)23(48)25(50)32(54-8)61-29-28(60-33-26(51)24(49)18(43)11(4-37)57-33)21(46)13(6-39)58-34(29)59-27-16(36-10(3)41)31(56-12(5-38)20(27)45)53-7-14-19(44)22(47)15(30(52)55-14)35-9(2)40/h8,11-34,37-39,42-52H,4-7H2,1-3H3,(H,35,40)(H,36,41)/t8-,11+,12+,13+,14+,15+,16+,17+,18-,19-,20+,21-,22+,23+,24-,25-,26+,27+,28-,29+,30?,31+,32-,33-,34-/m0/s1. The van der Waals surface area contributed by atoms with Crippen LogP contribution in [0.5, 0.6) is 0 Å². The number of hydrogen-bond donors (Lipinski definition) is 16. The van der Waals surface area contributed by atoms with Crippen LogP contribution >= 0.6 is 0 Å². The predicted octanol–water partition coefficient (Wildman–Crippen LogP) is -10.6. The second-order valence-corrected chi connectivity index (χ2v) is 15.4. The Morgan fingerprint density at radius 1 is 0.459 bits per heavy atom. The molecule has 5 aliphatic rings. The zero-order valence-electron chi connectivity index (χ0n) is 33.0. The average molecular weight is 895 g/mol. The van der Waals surface area contributed by atoms with E-state index in [1.165, 1.54) is 6.92 Å². The zero-order valence-corrected chi connectivity index (χ0v) is 33.0. The van der Waals surface area contributed by atoms with Gasteiger partial charge in [-0.25, -0.2) is 0 Å². The van der Waals surface area contributed by atoms with Crippen LogP contribution in [0.1, 0.15) is 20.8 Å². The highest BCUT2D eigenvalue weighted by Gasteiger charge is 2.57. The molecule has 5 heterocycles. The number of rotatable bonds is 14. The van der Waals surface area contributed by atoms with Crippen molar-refractivity contribution in [2.45, 2.75) is 174 Å². The maximum Gasteiger partial charge on any atom is 0.217 e. The van der Waals surface area contributed by atoms with Crippen molar-refractivity contribution in [3.63, 3.8) is 0 Å². The smallest absolute Gasteiger partial charge is 0.217 e. The first-order chi connectivity index (χ1) is 28.7. The third-order valence-electron chi connectivity index (χ3n) is 11.1. The van der Waals surface area contributed by atoms with Gasteiger partial charge >= 0.3 is 0 Å². The maximum atomic E-state index is 12.6. The first-order valence-corrected chi connectivity index (χ1v) is 19.4. The number of nitrogens with one attached hydrogen (secondary N) is 2. The van der Waals surface area contributed by atoms with Gasteiger partial charge in [-0.2, -0.15) is 0 Å². The number of hydrogen-bond acceptors (Lipinski definition) is 25. The highest BCUT2D eigenvalue weighted by atomic mass is 16.8. The number of ether oxygens (including phenoxy) is 9. The van der Waals surface area contributed by atoms with Crippen molar-refractivity contribution in [3.8, 4) is 0 Å². The van der Waals surface area contributed by atoms with Crippen molar-refractivity contribution in [3.05, 3.63) is 0 Å². The fourth-order valence-corrected chi connectivity index (χ4v) is 7.65. The first kappa shape index (κ1) is 50.0. The number of amides is 2. The minimum atomic E-state index is -2.07. The molecule has 5 aliphatic heterocycles. The van der Waals surface area contributed by atoms with Gasteiger partial charge < -0.3 is 125 Å². The van der Waals surface area contributed by atoms with Crippen molar-refractivity contribution in [1.29, 1.82) is 0 Å². The van der Waals surface area contributed by atoms with Gasteiger partial charge in [0.1, 0.15) is 116 Å². The quantitative estimate of drug-likeness (QED) is 0.0770. The van der Waals surface area contributed by atoms with E-state index in [0.717, 1.165) is 13.8 Å². The van der Waals surface area contributed by atoms with Gasteiger partial charge in [0.25, 0.3) is 0 Å². The molecule has 5 rings (SSSR count). The molecular formula is C34H58N2O25. The molecule has 27 heteroatoms. The summed E-state index contributed by atoms with van der Waals surface area (Å²) in [5.41, 5.74) is 0. The van der Waals surface area contributed by atoms with Gasteiger partial charge in [-0.05, 0) is 6.92 Å². The number of aliphatic hydroxyl groups is 14. The summed E-state index contributed by atoms with van der Waals surface area (Å²) >= 11 is 0. The van der Waals surface area contributed by atoms with Gasteiger partial charge in [0.15, 0.2) is 31.5 Å². The van der Waals surface area contributed by atoms with Gasteiger partial charge in [0.2, 0.25) is 11.8 Å². The lowest BCUT2D eigenvalue weighted by Crippen LogP contribution is -2.70. The van der Waals surface area contributed by atoms with E-state index < -0.39 is 192 Å². The SMILES string of the molecule is CC(=O)N[C@H]1[C@H](OC[C@H]2OC(O)[C@H](NC(C)=O)[C@@H](O)[C@H]2O)O[C@H](CO)[C@@H](O)[C@@H]1O[C@@H]1O[C@H](CO)[C@H](O)[C@H](O[C@@H]2O[C@H](CO)[C@H](O)[C@H](O)[C@H]2O)[C@H]1O[C@@H]1O[C@@H](C)[C@@H](O)[C@@H](O)[C@@H]1O. The van der Waals surface area contributed by atoms with Gasteiger partial charge in [-0.1, -0.05) is 0 Å². The summed E-state index contributed by atoms with van der Waals surface area (Å²) in [4.78, 5) is 24.2. The van der Waals surface area contributed by atoms with E-state index in [1.54, 1.807) is 0 Å². The molecule has 25 atom stereocenters. The molecule has 16 N–H and O–H groups in total. The monoisotopic (exact) mass is 894 g/mol. The summed E-state index contributed by atoms with van der Waals surface area (Å²) in [6, 6.07) is -3.06. The van der Waals surface area contributed by atoms with Crippen LogP contribution in [0.25, 0.3) is 0 Å². The van der Waals surface area contributed by atoms with Gasteiger partial charge in [-0.3, -0.25) is 9.59 Å². The molecule has 1 unspecified atom stereocenters. The number of carbonyl (C=O) groups is 2. The van der Waals surface area contributed by atoms with Crippen molar-refractivity contribution in [1.82, 2.24) is 10.6 Å². The Morgan fingerprint density at radius 3 is 1.48 bits per heavy atom. The van der Waals surface area contributed by atoms with Crippen LogP contribution in [0.4, 0.5) is 0 Å². The minimum absolute atomic E-state index is 0.656. The molecule has 2 amide bonds. The van der Waals surface area contributed by atoms with Crippen LogP contribution in [0.15, 0.2) is 0 Å². The number of carbonyl (C=O) groups excluding carboxylic acids is 2. The van der Waals surface area contributed by atoms with E-state index in [-0.39, 0.29) is 0 Å². The van der Waals surface area contributed by atoms with Crippen LogP contribution < -0.4 is 10.6 Å². The molecule has 0 aromatic rings. The molecule has 5 saturated heterocycles. The second-order valence-electron chi connectivity index (χ2n) is 15.4. The fraction of sp³-hybridized carbons (Fsp3) is 0.941. The lowest BCUT2D eigenvalue weighted by atomic mass is 9.94. The Kier molecular flexibility index (Phi) is 17.5. The lowest BCUT2D eigenvalue weighted by molar-refractivity contribution is -0.401. The van der Waals surface area contributed by atoms with Gasteiger partial charge in [-0.15, -0.1) is 0 Å². The Balaban J connectivity index is 1.48. The fourth-order valence-electron chi connectivity index (χ4n) is 7.65. The molecule has 61 heavy (non-hydrogen) atoms. The third-order valence-corrected chi connectivity index (χ3v) is 11.1. The molecule has 0 aliphatic carbocycles. The zero-order chi connectivity index (χ0) is 45.2. The normalized spacial score (nSPS) is 49.6. The molecular weight excluding hydrogens is 836 g/mol. The summed E-state index contributed by atoms with van der Waals surface area (Å²) in [5.74, 6) is -1.44. The highest BCUT2D eigenvalue weighted by Crippen LogP contribution is 2.36. The lowest BCUT2D eigenvalue weighted by Gasteiger charge is -2.51. The Labute approximate surface area is 346 Å². The van der Waals surface area contributed by atoms with E-state index >= 15 is 0 Å². The van der Waals surface area contributed by atoms with E-state index in [4.69, 9.17) is 42.6 Å². The summed E-state index contributed by atoms with van der Waals surface area (Å²) < 4.78 is 52.0. The van der Waals surface area contributed by atoms with E-state index in [1.807, 2.05) is 0 Å². The summed E-state index contributed by atoms with van der Waals surface area (Å²) in [7, 11) is 0. The molecule has 27 nitrogen and oxygen atoms in total. The Bertz CT molecular complexity index is 1420. The second kappa shape index (κ2) is 21.3. The summed E-state index contributed by atoms with van der Waals surface area (Å²) in [6.07, 6.45) is -41.7. The summed E-state index contributed by atoms with van der Waals surface area (Å²) in [5, 5.41) is 153. The Hall–Kier alpha value is -1.98. The molecule has 0 spiro atoms. The van der Waals surface area contributed by atoms with Gasteiger partial charge in [0.05, 0.1) is 32.5 Å². The predicted molar refractivity (Wildman–Crippen MR) is 188 cm³/mol. The minimum Gasteiger partial charge on any atom is -0.394 e. The average Bonchev–Trinajstić information content (AvgIpc) is 3.21. The van der Waals surface area contributed by atoms with Crippen LogP contribution in [0, 0.1) is 0 Å². The highest BCUT2D eigenvalue weighted by molar-refractivity contribution is 5.73. The largest absolute Gasteiger partial charge is 0.394 e. The van der Waals surface area contributed by atoms with Crippen LogP contribution in [-0.2, 0) is 52.2 Å². The van der Waals surface area contributed by atoms with E-state index in [9.17, 15) is 81.1 Å². The first-order valence-electron chi connectivity index (χ1n) is 19.4. The van der Waals surface area contributed by atoms with E-state index in [2.05, 4.69) is 10.6 Å². The Morgan fingerprint density at radius 2 is 0.902 bits per heavy atom. The van der Waals surface area contributed by atoms with Crippen molar-refractivity contribution < 1.29 is 124 Å². The molecule has 0 radical (unpaired) electrons. The van der Waals surface area contributed by atoms with Crippen molar-refractivity contribution in [2.24, 2.45) is 0 Å². The van der Waals surface area contributed by atoms with Gasteiger partial charge in [0, 0.05) is 13.8 Å². The molecule has 0 bridgehead atoms. The van der Waals surface area contributed by atoms with Crippen molar-refractivity contribution in [2.75, 3.05) is 26.4 Å². The van der Waals surface area contributed by atoms with Crippen LogP contribution in [0.3, 0.4) is 0 Å². The van der Waals surface area contributed by atoms with E-state index in [0.29, 0.717) is 0 Å². The maximum absolute atomic E-state index is 12.6. The molecule has 0 aromatic heterocycles. The molecule has 354 valence electrons. The molecule has 5 fully saturated rings. The summed E-state index contributed by atoms with van der Waals surface area (Å²) in [6.45, 7) is -0.0677.